The van der Waals surface area contributed by atoms with Crippen molar-refractivity contribution in [1.29, 1.82) is 0 Å². The molecule has 6 rings (SSSR count). The van der Waals surface area contributed by atoms with Crippen LogP contribution in [0.15, 0.2) is 84.9 Å². The SMILES string of the molecule is CC(C)(C)OC(=O)N1CCc2cc(NCc3ccc(Cl)cc3)ccc21.CC(C)(C)OC(=O)N1CCc2ccc(NCc3ccc(Cl)cc3)cc21. The zero-order valence-electron chi connectivity index (χ0n) is 29.6. The summed E-state index contributed by atoms with van der Waals surface area (Å²) in [5.74, 6) is 0. The summed E-state index contributed by atoms with van der Waals surface area (Å²) in [6.45, 7) is 14.0. The van der Waals surface area contributed by atoms with Crippen LogP contribution < -0.4 is 20.4 Å². The van der Waals surface area contributed by atoms with Crippen molar-refractivity contribution in [2.45, 2.75) is 78.7 Å². The van der Waals surface area contributed by atoms with Gasteiger partial charge in [0.05, 0.1) is 11.4 Å². The van der Waals surface area contributed by atoms with E-state index in [1.54, 1.807) is 9.80 Å². The number of amides is 2. The number of nitrogens with one attached hydrogen (secondary N) is 2. The van der Waals surface area contributed by atoms with Crippen LogP contribution in [0.2, 0.25) is 10.0 Å². The Balaban J connectivity index is 0.000000194. The maximum Gasteiger partial charge on any atom is 0.414 e. The Morgan fingerprint density at radius 3 is 1.54 bits per heavy atom. The first-order chi connectivity index (χ1) is 23.6. The number of hydrogen-bond acceptors (Lipinski definition) is 6. The van der Waals surface area contributed by atoms with Gasteiger partial charge in [-0.25, -0.2) is 9.59 Å². The summed E-state index contributed by atoms with van der Waals surface area (Å²) in [5.41, 5.74) is 7.54. The highest BCUT2D eigenvalue weighted by molar-refractivity contribution is 6.30. The van der Waals surface area contributed by atoms with E-state index in [4.69, 9.17) is 32.7 Å². The van der Waals surface area contributed by atoms with Gasteiger partial charge in [0, 0.05) is 47.6 Å². The van der Waals surface area contributed by atoms with Crippen molar-refractivity contribution in [3.8, 4) is 0 Å². The van der Waals surface area contributed by atoms with E-state index in [1.807, 2.05) is 114 Å². The summed E-state index contributed by atoms with van der Waals surface area (Å²) >= 11 is 11.8. The quantitative estimate of drug-likeness (QED) is 0.207. The molecular weight excluding hydrogens is 671 g/mol. The van der Waals surface area contributed by atoms with Gasteiger partial charge >= 0.3 is 12.2 Å². The van der Waals surface area contributed by atoms with E-state index in [1.165, 1.54) is 11.1 Å². The van der Waals surface area contributed by atoms with Crippen LogP contribution in [0.5, 0.6) is 0 Å². The first-order valence-electron chi connectivity index (χ1n) is 16.9. The van der Waals surface area contributed by atoms with Crippen LogP contribution in [0, 0.1) is 0 Å². The van der Waals surface area contributed by atoms with E-state index in [-0.39, 0.29) is 12.2 Å². The van der Waals surface area contributed by atoms with E-state index in [9.17, 15) is 9.59 Å². The van der Waals surface area contributed by atoms with Gasteiger partial charge in [-0.05, 0) is 131 Å². The molecule has 10 heteroatoms. The van der Waals surface area contributed by atoms with Crippen molar-refractivity contribution in [3.63, 3.8) is 0 Å². The molecule has 0 saturated carbocycles. The number of nitrogens with zero attached hydrogens (tertiary/aromatic N) is 2. The van der Waals surface area contributed by atoms with Crippen LogP contribution >= 0.6 is 23.2 Å². The molecule has 2 amide bonds. The Hall–Kier alpha value is -4.40. The van der Waals surface area contributed by atoms with E-state index >= 15 is 0 Å². The second kappa shape index (κ2) is 15.7. The number of halogens is 2. The fraction of sp³-hybridized carbons (Fsp3) is 0.350. The summed E-state index contributed by atoms with van der Waals surface area (Å²) in [7, 11) is 0. The highest BCUT2D eigenvalue weighted by Crippen LogP contribution is 2.33. The number of hydrogen-bond donors (Lipinski definition) is 2. The van der Waals surface area contributed by atoms with Crippen molar-refractivity contribution >= 4 is 58.1 Å². The maximum absolute atomic E-state index is 12.4. The topological polar surface area (TPSA) is 83.1 Å². The molecule has 0 saturated heterocycles. The minimum Gasteiger partial charge on any atom is -0.443 e. The van der Waals surface area contributed by atoms with Gasteiger partial charge in [-0.3, -0.25) is 9.80 Å². The molecule has 0 bridgehead atoms. The summed E-state index contributed by atoms with van der Waals surface area (Å²) in [6, 6.07) is 27.8. The molecular formula is C40H46Cl2N4O4. The third kappa shape index (κ3) is 10.3. The molecule has 0 aliphatic carbocycles. The smallest absolute Gasteiger partial charge is 0.414 e. The van der Waals surface area contributed by atoms with Gasteiger partial charge in [-0.15, -0.1) is 0 Å². The van der Waals surface area contributed by atoms with Crippen LogP contribution in [0.4, 0.5) is 32.3 Å². The molecule has 0 atom stereocenters. The largest absolute Gasteiger partial charge is 0.443 e. The van der Waals surface area contributed by atoms with Crippen LogP contribution in [0.1, 0.15) is 63.8 Å². The molecule has 0 radical (unpaired) electrons. The van der Waals surface area contributed by atoms with Gasteiger partial charge in [0.25, 0.3) is 0 Å². The molecule has 2 aliphatic heterocycles. The molecule has 0 fully saturated rings. The standard InChI is InChI=1S/2C20H23ClN2O2/c1-20(2,3)25-19(24)23-11-10-15-6-9-17(12-18(15)23)22-13-14-4-7-16(21)8-5-14;1-20(2,3)25-19(24)23-11-10-15-12-17(8-9-18(15)23)22-13-14-4-6-16(21)7-5-14/h2*4-9,12,22H,10-11,13H2,1-3H3. The number of rotatable bonds is 6. The average Bonchev–Trinajstić information content (AvgIpc) is 3.67. The van der Waals surface area contributed by atoms with Crippen molar-refractivity contribution in [2.75, 3.05) is 33.5 Å². The number of anilines is 4. The molecule has 0 spiro atoms. The summed E-state index contributed by atoms with van der Waals surface area (Å²) in [6.07, 6.45) is 1.12. The number of fused-ring (bicyclic) bond motifs is 2. The summed E-state index contributed by atoms with van der Waals surface area (Å²) in [4.78, 5) is 28.2. The predicted molar refractivity (Wildman–Crippen MR) is 205 cm³/mol. The van der Waals surface area contributed by atoms with Gasteiger partial charge in [-0.2, -0.15) is 0 Å². The number of ether oxygens (including phenoxy) is 2. The lowest BCUT2D eigenvalue weighted by Gasteiger charge is -2.25. The van der Waals surface area contributed by atoms with Gasteiger partial charge in [0.2, 0.25) is 0 Å². The molecule has 0 aromatic heterocycles. The molecule has 4 aromatic rings. The Morgan fingerprint density at radius 2 is 1.04 bits per heavy atom. The molecule has 2 heterocycles. The van der Waals surface area contributed by atoms with Gasteiger partial charge in [-0.1, -0.05) is 53.5 Å². The first-order valence-corrected chi connectivity index (χ1v) is 17.6. The van der Waals surface area contributed by atoms with Gasteiger partial charge < -0.3 is 20.1 Å². The fourth-order valence-corrected chi connectivity index (χ4v) is 5.88. The van der Waals surface area contributed by atoms with E-state index in [0.717, 1.165) is 63.3 Å². The highest BCUT2D eigenvalue weighted by Gasteiger charge is 2.30. The first kappa shape index (κ1) is 36.9. The minimum atomic E-state index is -0.496. The molecule has 2 N–H and O–H groups in total. The number of benzene rings is 4. The zero-order valence-corrected chi connectivity index (χ0v) is 31.1. The fourth-order valence-electron chi connectivity index (χ4n) is 5.63. The molecule has 0 unspecified atom stereocenters. The highest BCUT2D eigenvalue weighted by atomic mass is 35.5. The summed E-state index contributed by atoms with van der Waals surface area (Å²) in [5, 5.41) is 8.28. The lowest BCUT2D eigenvalue weighted by atomic mass is 10.1. The minimum absolute atomic E-state index is 0.284. The Labute approximate surface area is 305 Å². The Kier molecular flexibility index (Phi) is 11.5. The van der Waals surface area contributed by atoms with Crippen molar-refractivity contribution < 1.29 is 19.1 Å². The second-order valence-electron chi connectivity index (χ2n) is 14.4. The normalized spacial score (nSPS) is 13.5. The van der Waals surface area contributed by atoms with Crippen molar-refractivity contribution in [2.24, 2.45) is 0 Å². The third-order valence-electron chi connectivity index (χ3n) is 8.00. The average molecular weight is 718 g/mol. The molecule has 2 aliphatic rings. The Morgan fingerprint density at radius 1 is 0.600 bits per heavy atom. The predicted octanol–water partition coefficient (Wildman–Crippen LogP) is 10.5. The van der Waals surface area contributed by atoms with Gasteiger partial charge in [0.1, 0.15) is 11.2 Å². The van der Waals surface area contributed by atoms with Crippen LogP contribution in [-0.4, -0.2) is 36.5 Å². The van der Waals surface area contributed by atoms with Gasteiger partial charge in [0.15, 0.2) is 0 Å². The van der Waals surface area contributed by atoms with Crippen LogP contribution in [0.25, 0.3) is 0 Å². The zero-order chi connectivity index (χ0) is 36.1. The third-order valence-corrected chi connectivity index (χ3v) is 8.51. The molecule has 50 heavy (non-hydrogen) atoms. The summed E-state index contributed by atoms with van der Waals surface area (Å²) < 4.78 is 11.0. The van der Waals surface area contributed by atoms with Crippen LogP contribution in [-0.2, 0) is 35.4 Å². The van der Waals surface area contributed by atoms with E-state index in [2.05, 4.69) is 22.8 Å². The number of carbonyl (C=O) groups is 2. The van der Waals surface area contributed by atoms with Crippen LogP contribution in [0.3, 0.4) is 0 Å². The molecule has 4 aromatic carbocycles. The lowest BCUT2D eigenvalue weighted by molar-refractivity contribution is 0.0573. The monoisotopic (exact) mass is 716 g/mol. The van der Waals surface area contributed by atoms with E-state index < -0.39 is 11.2 Å². The van der Waals surface area contributed by atoms with Crippen molar-refractivity contribution in [1.82, 2.24) is 0 Å². The number of carbonyl (C=O) groups excluding carboxylic acids is 2. The van der Waals surface area contributed by atoms with Crippen molar-refractivity contribution in [3.05, 3.63) is 117 Å². The maximum atomic E-state index is 12.4. The lowest BCUT2D eigenvalue weighted by Crippen LogP contribution is -2.35. The second-order valence-corrected chi connectivity index (χ2v) is 15.3. The molecule has 8 nitrogen and oxygen atoms in total. The molecule has 264 valence electrons. The van der Waals surface area contributed by atoms with E-state index in [0.29, 0.717) is 19.6 Å². The Bertz CT molecular complexity index is 1800.